The third kappa shape index (κ3) is 4.29. The van der Waals surface area contributed by atoms with Gasteiger partial charge in [-0.15, -0.1) is 0 Å². The molecule has 0 radical (unpaired) electrons. The van der Waals surface area contributed by atoms with Gasteiger partial charge in [0.05, 0.1) is 13.0 Å². The van der Waals surface area contributed by atoms with E-state index in [-0.39, 0.29) is 24.8 Å². The summed E-state index contributed by atoms with van der Waals surface area (Å²) >= 11 is 0. The molecule has 1 aromatic rings. The molecule has 3 atom stereocenters. The number of carboxylic acids is 1. The summed E-state index contributed by atoms with van der Waals surface area (Å²) in [6.45, 7) is 3.89. The van der Waals surface area contributed by atoms with E-state index in [4.69, 9.17) is 4.74 Å². The fraction of sp³-hybridized carbons (Fsp3) is 0.500. The second-order valence-electron chi connectivity index (χ2n) is 6.31. The fourth-order valence-electron chi connectivity index (χ4n) is 2.85. The average Bonchev–Trinajstić information content (AvgIpc) is 3.00. The standard InChI is InChI=1S/C18H24N2O5/c1-4-11(2)16(18(23)24)19-17(22)12-9-15(21)20(10-12)13-5-7-14(25-3)8-6-13/h5-8,11-12,16H,4,9-10H2,1-3H3,(H,19,22)(H,23,24). The van der Waals surface area contributed by atoms with Gasteiger partial charge in [-0.05, 0) is 30.2 Å². The van der Waals surface area contributed by atoms with Crippen molar-refractivity contribution in [2.75, 3.05) is 18.6 Å². The molecule has 1 fully saturated rings. The van der Waals surface area contributed by atoms with Crippen LogP contribution in [0.25, 0.3) is 0 Å². The van der Waals surface area contributed by atoms with Crippen molar-refractivity contribution in [1.29, 1.82) is 0 Å². The van der Waals surface area contributed by atoms with Crippen LogP contribution in [0.1, 0.15) is 26.7 Å². The molecule has 0 aliphatic carbocycles. The fourth-order valence-corrected chi connectivity index (χ4v) is 2.85. The average molecular weight is 348 g/mol. The summed E-state index contributed by atoms with van der Waals surface area (Å²) in [6, 6.07) is 6.08. The lowest BCUT2D eigenvalue weighted by Gasteiger charge is -2.22. The first-order valence-corrected chi connectivity index (χ1v) is 8.35. The number of anilines is 1. The number of nitrogens with zero attached hydrogens (tertiary/aromatic N) is 1. The summed E-state index contributed by atoms with van der Waals surface area (Å²) in [5.74, 6) is -1.66. The van der Waals surface area contributed by atoms with Crippen LogP contribution in [0, 0.1) is 11.8 Å². The van der Waals surface area contributed by atoms with Gasteiger partial charge in [-0.25, -0.2) is 4.79 Å². The zero-order valence-electron chi connectivity index (χ0n) is 14.7. The van der Waals surface area contributed by atoms with Crippen molar-refractivity contribution in [2.45, 2.75) is 32.7 Å². The summed E-state index contributed by atoms with van der Waals surface area (Å²) in [5, 5.41) is 11.9. The molecule has 2 N–H and O–H groups in total. The Kier molecular flexibility index (Phi) is 6.01. The molecule has 136 valence electrons. The van der Waals surface area contributed by atoms with Gasteiger partial charge in [-0.1, -0.05) is 20.3 Å². The Bertz CT molecular complexity index is 643. The third-order valence-corrected chi connectivity index (χ3v) is 4.66. The molecule has 1 aliphatic rings. The number of hydrogen-bond acceptors (Lipinski definition) is 4. The van der Waals surface area contributed by atoms with Gasteiger partial charge in [0.2, 0.25) is 11.8 Å². The molecule has 3 unspecified atom stereocenters. The monoisotopic (exact) mass is 348 g/mol. The summed E-state index contributed by atoms with van der Waals surface area (Å²) < 4.78 is 5.09. The van der Waals surface area contributed by atoms with Gasteiger partial charge in [-0.2, -0.15) is 0 Å². The molecule has 0 aromatic heterocycles. The number of carbonyl (C=O) groups excluding carboxylic acids is 2. The zero-order valence-corrected chi connectivity index (χ0v) is 14.7. The lowest BCUT2D eigenvalue weighted by Crippen LogP contribution is -2.47. The number of carboxylic acid groups (broad SMARTS) is 1. The molecule has 2 rings (SSSR count). The summed E-state index contributed by atoms with van der Waals surface area (Å²) in [4.78, 5) is 37.6. The van der Waals surface area contributed by atoms with Crippen molar-refractivity contribution >= 4 is 23.5 Å². The second kappa shape index (κ2) is 8.00. The number of benzene rings is 1. The topological polar surface area (TPSA) is 95.9 Å². The molecule has 0 bridgehead atoms. The van der Waals surface area contributed by atoms with Gasteiger partial charge in [0.25, 0.3) is 0 Å². The van der Waals surface area contributed by atoms with Crippen LogP contribution in [0.4, 0.5) is 5.69 Å². The minimum absolute atomic E-state index is 0.0741. The number of nitrogens with one attached hydrogen (secondary N) is 1. The van der Waals surface area contributed by atoms with Crippen molar-refractivity contribution in [2.24, 2.45) is 11.8 Å². The van der Waals surface area contributed by atoms with E-state index in [1.54, 1.807) is 43.2 Å². The second-order valence-corrected chi connectivity index (χ2v) is 6.31. The first kappa shape index (κ1) is 18.8. The smallest absolute Gasteiger partial charge is 0.326 e. The number of aliphatic carboxylic acids is 1. The molecular weight excluding hydrogens is 324 g/mol. The summed E-state index contributed by atoms with van der Waals surface area (Å²) in [5.41, 5.74) is 0.692. The molecular formula is C18H24N2O5. The number of methoxy groups -OCH3 is 1. The van der Waals surface area contributed by atoms with Crippen LogP contribution in [0.5, 0.6) is 5.75 Å². The summed E-state index contributed by atoms with van der Waals surface area (Å²) in [6.07, 6.45) is 0.712. The lowest BCUT2D eigenvalue weighted by atomic mass is 9.98. The molecule has 1 aromatic carbocycles. The first-order valence-electron chi connectivity index (χ1n) is 8.35. The van der Waals surface area contributed by atoms with E-state index in [0.717, 1.165) is 0 Å². The maximum absolute atomic E-state index is 12.4. The number of carbonyl (C=O) groups is 3. The maximum Gasteiger partial charge on any atom is 0.326 e. The minimum atomic E-state index is -1.06. The lowest BCUT2D eigenvalue weighted by molar-refractivity contribution is -0.143. The number of rotatable bonds is 7. The van der Waals surface area contributed by atoms with E-state index in [1.807, 2.05) is 6.92 Å². The largest absolute Gasteiger partial charge is 0.497 e. The maximum atomic E-state index is 12.4. The Morgan fingerprint density at radius 1 is 1.36 bits per heavy atom. The SMILES string of the molecule is CCC(C)C(NC(=O)C1CC(=O)N(c2ccc(OC)cc2)C1)C(=O)O. The molecule has 1 heterocycles. The van der Waals surface area contributed by atoms with E-state index in [2.05, 4.69) is 5.32 Å². The highest BCUT2D eigenvalue weighted by Gasteiger charge is 2.37. The Hall–Kier alpha value is -2.57. The van der Waals surface area contributed by atoms with Crippen LogP contribution in [0.15, 0.2) is 24.3 Å². The molecule has 1 saturated heterocycles. The number of amides is 2. The van der Waals surface area contributed by atoms with Crippen molar-refractivity contribution < 1.29 is 24.2 Å². The molecule has 25 heavy (non-hydrogen) atoms. The number of hydrogen-bond donors (Lipinski definition) is 2. The molecule has 0 spiro atoms. The van der Waals surface area contributed by atoms with Gasteiger partial charge >= 0.3 is 5.97 Å². The van der Waals surface area contributed by atoms with E-state index in [1.165, 1.54) is 0 Å². The zero-order chi connectivity index (χ0) is 18.6. The quantitative estimate of drug-likeness (QED) is 0.781. The van der Waals surface area contributed by atoms with Crippen molar-refractivity contribution in [3.05, 3.63) is 24.3 Å². The Morgan fingerprint density at radius 2 is 2.00 bits per heavy atom. The van der Waals surface area contributed by atoms with Crippen molar-refractivity contribution in [3.63, 3.8) is 0 Å². The molecule has 1 aliphatic heterocycles. The highest BCUT2D eigenvalue weighted by atomic mass is 16.5. The van der Waals surface area contributed by atoms with E-state index in [9.17, 15) is 19.5 Å². The van der Waals surface area contributed by atoms with Crippen molar-refractivity contribution in [3.8, 4) is 5.75 Å². The molecule has 7 nitrogen and oxygen atoms in total. The first-order chi connectivity index (χ1) is 11.9. The highest BCUT2D eigenvalue weighted by molar-refractivity contribution is 6.00. The van der Waals surface area contributed by atoms with Gasteiger partial charge in [0, 0.05) is 18.7 Å². The van der Waals surface area contributed by atoms with E-state index < -0.39 is 23.8 Å². The predicted molar refractivity (Wildman–Crippen MR) is 92.5 cm³/mol. The minimum Gasteiger partial charge on any atom is -0.497 e. The normalized spacial score (nSPS) is 19.4. The van der Waals surface area contributed by atoms with Crippen LogP contribution in [-0.4, -0.2) is 42.6 Å². The van der Waals surface area contributed by atoms with Crippen LogP contribution in [0.3, 0.4) is 0 Å². The van der Waals surface area contributed by atoms with Crippen LogP contribution in [0.2, 0.25) is 0 Å². The van der Waals surface area contributed by atoms with Crippen LogP contribution < -0.4 is 15.0 Å². The number of ether oxygens (including phenoxy) is 1. The van der Waals surface area contributed by atoms with Gasteiger partial charge < -0.3 is 20.1 Å². The van der Waals surface area contributed by atoms with Gasteiger partial charge in [-0.3, -0.25) is 9.59 Å². The molecule has 2 amide bonds. The van der Waals surface area contributed by atoms with Gasteiger partial charge in [0.1, 0.15) is 11.8 Å². The van der Waals surface area contributed by atoms with E-state index >= 15 is 0 Å². The van der Waals surface area contributed by atoms with Crippen LogP contribution >= 0.6 is 0 Å². The summed E-state index contributed by atoms with van der Waals surface area (Å²) in [7, 11) is 1.56. The van der Waals surface area contributed by atoms with Gasteiger partial charge in [0.15, 0.2) is 0 Å². The Labute approximate surface area is 147 Å². The van der Waals surface area contributed by atoms with Crippen molar-refractivity contribution in [1.82, 2.24) is 5.32 Å². The Morgan fingerprint density at radius 3 is 2.52 bits per heavy atom. The Balaban J connectivity index is 2.05. The molecule has 7 heteroatoms. The van der Waals surface area contributed by atoms with E-state index in [0.29, 0.717) is 17.9 Å². The molecule has 0 saturated carbocycles. The predicted octanol–water partition coefficient (Wildman–Crippen LogP) is 1.66. The highest BCUT2D eigenvalue weighted by Crippen LogP contribution is 2.27. The van der Waals surface area contributed by atoms with Crippen LogP contribution in [-0.2, 0) is 14.4 Å². The third-order valence-electron chi connectivity index (χ3n) is 4.66.